The molecule has 0 fully saturated rings. The van der Waals surface area contributed by atoms with E-state index in [9.17, 15) is 0 Å². The molecule has 0 radical (unpaired) electrons. The average molecular weight is 369 g/mol. The topological polar surface area (TPSA) is 44.5 Å². The van der Waals surface area contributed by atoms with Crippen molar-refractivity contribution in [1.82, 2.24) is 0 Å². The van der Waals surface area contributed by atoms with E-state index in [4.69, 9.17) is 26.8 Å². The molecule has 0 spiro atoms. The fourth-order valence-corrected chi connectivity index (χ4v) is 3.30. The van der Waals surface area contributed by atoms with Crippen LogP contribution in [0, 0.1) is 0 Å². The first-order valence-electron chi connectivity index (χ1n) is 6.63. The van der Waals surface area contributed by atoms with E-state index in [0.717, 1.165) is 27.1 Å². The summed E-state index contributed by atoms with van der Waals surface area (Å²) in [4.78, 5) is 0. The summed E-state index contributed by atoms with van der Waals surface area (Å²) in [5.41, 5.74) is 8.29. The number of rotatable bonds is 2. The smallest absolute Gasteiger partial charge is 0.133 e. The van der Waals surface area contributed by atoms with Gasteiger partial charge in [0.25, 0.3) is 0 Å². The van der Waals surface area contributed by atoms with Crippen LogP contribution in [-0.2, 0) is 0 Å². The van der Waals surface area contributed by atoms with Crippen molar-refractivity contribution in [2.45, 2.75) is 18.6 Å². The molecule has 2 N–H and O–H groups in total. The molecule has 2 aromatic carbocycles. The van der Waals surface area contributed by atoms with Gasteiger partial charge < -0.3 is 15.2 Å². The number of ether oxygens (including phenoxy) is 2. The van der Waals surface area contributed by atoms with Crippen LogP contribution in [0.1, 0.15) is 29.7 Å². The molecule has 2 aromatic rings. The quantitative estimate of drug-likeness (QED) is 0.840. The van der Waals surface area contributed by atoms with Gasteiger partial charge in [-0.1, -0.05) is 17.7 Å². The van der Waals surface area contributed by atoms with E-state index in [1.807, 2.05) is 36.4 Å². The van der Waals surface area contributed by atoms with Gasteiger partial charge in [-0.3, -0.25) is 0 Å². The van der Waals surface area contributed by atoms with E-state index in [1.54, 1.807) is 7.11 Å². The van der Waals surface area contributed by atoms with Crippen molar-refractivity contribution in [3.63, 3.8) is 0 Å². The maximum atomic E-state index is 6.26. The van der Waals surface area contributed by atoms with Gasteiger partial charge in [0.05, 0.1) is 11.6 Å². The number of nitrogens with two attached hydrogens (primary N) is 1. The lowest BCUT2D eigenvalue weighted by molar-refractivity contribution is 0.161. The van der Waals surface area contributed by atoms with E-state index < -0.39 is 0 Å². The Bertz CT molecular complexity index is 677. The molecular formula is C16H15BrClNO2. The molecule has 3 rings (SSSR count). The summed E-state index contributed by atoms with van der Waals surface area (Å²) in [6.07, 6.45) is 0.641. The summed E-state index contributed by atoms with van der Waals surface area (Å²) in [6, 6.07) is 11.4. The highest BCUT2D eigenvalue weighted by Gasteiger charge is 2.27. The fraction of sp³-hybridized carbons (Fsp3) is 0.250. The Morgan fingerprint density at radius 2 is 2.10 bits per heavy atom. The van der Waals surface area contributed by atoms with Crippen molar-refractivity contribution in [2.75, 3.05) is 7.11 Å². The maximum Gasteiger partial charge on any atom is 0.133 e. The van der Waals surface area contributed by atoms with Crippen molar-refractivity contribution in [3.8, 4) is 11.5 Å². The lowest BCUT2D eigenvalue weighted by Crippen LogP contribution is -2.24. The third kappa shape index (κ3) is 2.89. The highest BCUT2D eigenvalue weighted by atomic mass is 79.9. The highest BCUT2D eigenvalue weighted by molar-refractivity contribution is 9.10. The number of methoxy groups -OCH3 is 1. The van der Waals surface area contributed by atoms with Gasteiger partial charge >= 0.3 is 0 Å². The number of halogens is 2. The lowest BCUT2D eigenvalue weighted by atomic mass is 9.93. The Balaban J connectivity index is 1.92. The molecule has 3 nitrogen and oxygen atoms in total. The minimum Gasteiger partial charge on any atom is -0.496 e. The van der Waals surface area contributed by atoms with Gasteiger partial charge in [-0.2, -0.15) is 0 Å². The van der Waals surface area contributed by atoms with Crippen molar-refractivity contribution in [3.05, 3.63) is 57.0 Å². The van der Waals surface area contributed by atoms with Crippen LogP contribution in [0.25, 0.3) is 0 Å². The van der Waals surface area contributed by atoms with Gasteiger partial charge in [0.2, 0.25) is 0 Å². The zero-order valence-electron chi connectivity index (χ0n) is 11.5. The monoisotopic (exact) mass is 367 g/mol. The Kier molecular flexibility index (Phi) is 4.11. The molecule has 2 unspecified atom stereocenters. The normalized spacial score (nSPS) is 20.6. The largest absolute Gasteiger partial charge is 0.496 e. The van der Waals surface area contributed by atoms with E-state index in [2.05, 4.69) is 15.9 Å². The second-order valence-corrected chi connectivity index (χ2v) is 6.32. The summed E-state index contributed by atoms with van der Waals surface area (Å²) in [7, 11) is 1.65. The number of fused-ring (bicyclic) bond motifs is 1. The number of hydrogen-bond acceptors (Lipinski definition) is 3. The molecule has 21 heavy (non-hydrogen) atoms. The van der Waals surface area contributed by atoms with E-state index in [0.29, 0.717) is 11.4 Å². The predicted molar refractivity (Wildman–Crippen MR) is 87.1 cm³/mol. The Morgan fingerprint density at radius 1 is 1.29 bits per heavy atom. The molecule has 1 aliphatic heterocycles. The summed E-state index contributed by atoms with van der Waals surface area (Å²) >= 11 is 9.52. The minimum absolute atomic E-state index is 0.0733. The molecule has 0 amide bonds. The molecule has 110 valence electrons. The van der Waals surface area contributed by atoms with Crippen LogP contribution in [-0.4, -0.2) is 7.11 Å². The second kappa shape index (κ2) is 5.87. The van der Waals surface area contributed by atoms with Gasteiger partial charge in [-0.25, -0.2) is 0 Å². The highest BCUT2D eigenvalue weighted by Crippen LogP contribution is 2.41. The third-order valence-electron chi connectivity index (χ3n) is 3.66. The zero-order valence-corrected chi connectivity index (χ0v) is 13.8. The van der Waals surface area contributed by atoms with Crippen molar-refractivity contribution < 1.29 is 9.47 Å². The van der Waals surface area contributed by atoms with Crippen LogP contribution in [0.2, 0.25) is 5.02 Å². The molecule has 0 aliphatic carbocycles. The summed E-state index contributed by atoms with van der Waals surface area (Å²) in [5, 5.41) is 0.679. The number of hydrogen-bond donors (Lipinski definition) is 1. The molecule has 2 atom stereocenters. The molecule has 0 aromatic heterocycles. The molecule has 0 saturated carbocycles. The van der Waals surface area contributed by atoms with Crippen LogP contribution < -0.4 is 15.2 Å². The summed E-state index contributed by atoms with van der Waals surface area (Å²) in [5.74, 6) is 1.60. The SMILES string of the molecule is COc1ccc(C2CC(N)c3cc(Cl)ccc3O2)cc1Br. The zero-order chi connectivity index (χ0) is 15.0. The molecule has 0 bridgehead atoms. The van der Waals surface area contributed by atoms with E-state index in [-0.39, 0.29) is 12.1 Å². The van der Waals surface area contributed by atoms with Gasteiger partial charge in [-0.05, 0) is 51.8 Å². The van der Waals surface area contributed by atoms with Gasteiger partial charge in [-0.15, -0.1) is 0 Å². The predicted octanol–water partition coefficient (Wildman–Crippen LogP) is 4.63. The first kappa shape index (κ1) is 14.7. The fourth-order valence-electron chi connectivity index (χ4n) is 2.56. The minimum atomic E-state index is -0.0849. The maximum absolute atomic E-state index is 6.26. The van der Waals surface area contributed by atoms with Crippen LogP contribution in [0.4, 0.5) is 0 Å². The second-order valence-electron chi connectivity index (χ2n) is 5.02. The van der Waals surface area contributed by atoms with Crippen LogP contribution >= 0.6 is 27.5 Å². The van der Waals surface area contributed by atoms with Crippen LogP contribution in [0.3, 0.4) is 0 Å². The van der Waals surface area contributed by atoms with Crippen molar-refractivity contribution in [2.24, 2.45) is 5.73 Å². The van der Waals surface area contributed by atoms with Crippen LogP contribution in [0.15, 0.2) is 40.9 Å². The first-order chi connectivity index (χ1) is 10.1. The Morgan fingerprint density at radius 3 is 2.81 bits per heavy atom. The first-order valence-corrected chi connectivity index (χ1v) is 7.80. The van der Waals surface area contributed by atoms with Gasteiger partial charge in [0.15, 0.2) is 0 Å². The van der Waals surface area contributed by atoms with Gasteiger partial charge in [0.1, 0.15) is 17.6 Å². The molecule has 1 heterocycles. The lowest BCUT2D eigenvalue weighted by Gasteiger charge is -2.31. The molecular weight excluding hydrogens is 354 g/mol. The Hall–Kier alpha value is -1.23. The molecule has 5 heteroatoms. The van der Waals surface area contributed by atoms with E-state index >= 15 is 0 Å². The third-order valence-corrected chi connectivity index (χ3v) is 4.51. The van der Waals surface area contributed by atoms with Crippen LogP contribution in [0.5, 0.6) is 11.5 Å². The molecule has 0 saturated heterocycles. The number of benzene rings is 2. The van der Waals surface area contributed by atoms with Crippen molar-refractivity contribution >= 4 is 27.5 Å². The summed E-state index contributed by atoms with van der Waals surface area (Å²) < 4.78 is 12.2. The summed E-state index contributed by atoms with van der Waals surface area (Å²) in [6.45, 7) is 0. The van der Waals surface area contributed by atoms with Gasteiger partial charge in [0, 0.05) is 23.0 Å². The van der Waals surface area contributed by atoms with Crippen molar-refractivity contribution in [1.29, 1.82) is 0 Å². The standard InChI is InChI=1S/C16H15BrClNO2/c1-20-15-4-2-9(6-12(15)17)16-8-13(19)11-7-10(18)3-5-14(11)21-16/h2-7,13,16H,8,19H2,1H3. The Labute approximate surface area is 137 Å². The van der Waals surface area contributed by atoms with E-state index in [1.165, 1.54) is 0 Å². The average Bonchev–Trinajstić information content (AvgIpc) is 2.47. The molecule has 1 aliphatic rings.